The number of nitrogens with two attached hydrogens (primary N) is 1. The van der Waals surface area contributed by atoms with E-state index in [1.54, 1.807) is 6.08 Å². The lowest BCUT2D eigenvalue weighted by Crippen LogP contribution is -2.22. The Bertz CT molecular complexity index is 57.2. The molecule has 42 valence electrons. The van der Waals surface area contributed by atoms with Gasteiger partial charge in [-0.2, -0.15) is 0 Å². The van der Waals surface area contributed by atoms with E-state index in [0.29, 0.717) is 5.92 Å². The Morgan fingerprint density at radius 1 is 1.57 bits per heavy atom. The molecule has 0 aliphatic heterocycles. The van der Waals surface area contributed by atoms with E-state index in [2.05, 4.69) is 20.4 Å². The van der Waals surface area contributed by atoms with Gasteiger partial charge in [-0.1, -0.05) is 19.9 Å². The van der Waals surface area contributed by atoms with Crippen LogP contribution in [-0.4, -0.2) is 6.04 Å². The highest BCUT2D eigenvalue weighted by Gasteiger charge is 1.98. The van der Waals surface area contributed by atoms with E-state index in [9.17, 15) is 0 Å². The zero-order valence-electron chi connectivity index (χ0n) is 5.02. The average Bonchev–Trinajstić information content (AvgIpc) is 1.65. The first-order chi connectivity index (χ1) is 3.18. The second kappa shape index (κ2) is 2.80. The Morgan fingerprint density at radius 3 is 2.00 bits per heavy atom. The molecule has 0 fully saturated rings. The van der Waals surface area contributed by atoms with Gasteiger partial charge in [0.15, 0.2) is 0 Å². The van der Waals surface area contributed by atoms with Crippen molar-refractivity contribution in [1.82, 2.24) is 0 Å². The molecule has 0 bridgehead atoms. The third-order valence-electron chi connectivity index (χ3n) is 1.04. The van der Waals surface area contributed by atoms with Crippen LogP contribution in [0.1, 0.15) is 13.8 Å². The fraction of sp³-hybridized carbons (Fsp3) is 0.667. The Morgan fingerprint density at radius 2 is 2.00 bits per heavy atom. The number of rotatable bonds is 2. The molecule has 0 aromatic carbocycles. The topological polar surface area (TPSA) is 26.0 Å². The maximum Gasteiger partial charge on any atom is 0.0244 e. The number of hydrogen-bond donors (Lipinski definition) is 1. The smallest absolute Gasteiger partial charge is 0.0244 e. The Balaban J connectivity index is 3.33. The Hall–Kier alpha value is -0.300. The molecule has 0 aliphatic carbocycles. The minimum absolute atomic E-state index is 0.167. The molecular formula is C6H13N. The molecule has 0 saturated carbocycles. The van der Waals surface area contributed by atoms with Crippen molar-refractivity contribution in [1.29, 1.82) is 0 Å². The van der Waals surface area contributed by atoms with E-state index in [1.165, 1.54) is 0 Å². The first kappa shape index (κ1) is 6.70. The molecule has 1 atom stereocenters. The summed E-state index contributed by atoms with van der Waals surface area (Å²) in [5.74, 6) is 0.525. The first-order valence-electron chi connectivity index (χ1n) is 2.56. The molecule has 0 aromatic rings. The van der Waals surface area contributed by atoms with Gasteiger partial charge in [0, 0.05) is 6.04 Å². The molecule has 0 saturated heterocycles. The van der Waals surface area contributed by atoms with Gasteiger partial charge in [0.25, 0.3) is 0 Å². The van der Waals surface area contributed by atoms with Gasteiger partial charge in [0.2, 0.25) is 0 Å². The van der Waals surface area contributed by atoms with Crippen LogP contribution >= 0.6 is 0 Å². The van der Waals surface area contributed by atoms with E-state index in [-0.39, 0.29) is 6.04 Å². The molecule has 7 heavy (non-hydrogen) atoms. The van der Waals surface area contributed by atoms with Crippen molar-refractivity contribution < 1.29 is 0 Å². The van der Waals surface area contributed by atoms with Crippen molar-refractivity contribution in [3.8, 4) is 0 Å². The van der Waals surface area contributed by atoms with Gasteiger partial charge < -0.3 is 5.73 Å². The summed E-state index contributed by atoms with van der Waals surface area (Å²) in [4.78, 5) is 0. The van der Waals surface area contributed by atoms with Crippen molar-refractivity contribution in [3.05, 3.63) is 12.7 Å². The fourth-order valence-corrected chi connectivity index (χ4v) is 0.272. The SMILES string of the molecule is C=C[C@@H](N)C(C)C. The number of hydrogen-bond acceptors (Lipinski definition) is 1. The lowest BCUT2D eigenvalue weighted by atomic mass is 10.1. The van der Waals surface area contributed by atoms with E-state index in [4.69, 9.17) is 5.73 Å². The summed E-state index contributed by atoms with van der Waals surface area (Å²) in [5.41, 5.74) is 5.50. The summed E-state index contributed by atoms with van der Waals surface area (Å²) in [6, 6.07) is 0.167. The largest absolute Gasteiger partial charge is 0.324 e. The van der Waals surface area contributed by atoms with Crippen LogP contribution in [0.25, 0.3) is 0 Å². The molecule has 0 aliphatic rings. The summed E-state index contributed by atoms with van der Waals surface area (Å²) in [7, 11) is 0. The molecule has 0 rings (SSSR count). The van der Waals surface area contributed by atoms with Crippen molar-refractivity contribution in [2.75, 3.05) is 0 Å². The van der Waals surface area contributed by atoms with Gasteiger partial charge in [-0.05, 0) is 5.92 Å². The van der Waals surface area contributed by atoms with Crippen LogP contribution in [-0.2, 0) is 0 Å². The summed E-state index contributed by atoms with van der Waals surface area (Å²) in [6.07, 6.45) is 1.77. The quantitative estimate of drug-likeness (QED) is 0.516. The van der Waals surface area contributed by atoms with Gasteiger partial charge >= 0.3 is 0 Å². The molecule has 1 heteroatoms. The highest BCUT2D eigenvalue weighted by Crippen LogP contribution is 1.96. The summed E-state index contributed by atoms with van der Waals surface area (Å²) in [6.45, 7) is 7.71. The normalized spacial score (nSPS) is 14.3. The van der Waals surface area contributed by atoms with Gasteiger partial charge in [-0.15, -0.1) is 6.58 Å². The molecular weight excluding hydrogens is 86.1 g/mol. The van der Waals surface area contributed by atoms with Crippen molar-refractivity contribution in [2.24, 2.45) is 11.7 Å². The van der Waals surface area contributed by atoms with Crippen molar-refractivity contribution in [3.63, 3.8) is 0 Å². The second-order valence-corrected chi connectivity index (χ2v) is 2.06. The monoisotopic (exact) mass is 99.1 g/mol. The standard InChI is InChI=1S/C6H13N/c1-4-6(7)5(2)3/h4-6H,1,7H2,2-3H3/t6-/m1/s1. The summed E-state index contributed by atoms with van der Waals surface area (Å²) >= 11 is 0. The maximum atomic E-state index is 5.50. The van der Waals surface area contributed by atoms with Crippen LogP contribution in [0.5, 0.6) is 0 Å². The molecule has 0 amide bonds. The maximum absolute atomic E-state index is 5.50. The zero-order chi connectivity index (χ0) is 5.86. The van der Waals surface area contributed by atoms with Crippen LogP contribution < -0.4 is 5.73 Å². The minimum Gasteiger partial charge on any atom is -0.324 e. The summed E-state index contributed by atoms with van der Waals surface area (Å²) < 4.78 is 0. The molecule has 0 spiro atoms. The highest BCUT2D eigenvalue weighted by atomic mass is 14.6. The molecule has 0 unspecified atom stereocenters. The average molecular weight is 99.2 g/mol. The predicted molar refractivity (Wildman–Crippen MR) is 33.0 cm³/mol. The van der Waals surface area contributed by atoms with E-state index < -0.39 is 0 Å². The van der Waals surface area contributed by atoms with Gasteiger partial charge in [-0.25, -0.2) is 0 Å². The summed E-state index contributed by atoms with van der Waals surface area (Å²) in [5, 5.41) is 0. The Kier molecular flexibility index (Phi) is 2.68. The fourth-order valence-electron chi connectivity index (χ4n) is 0.272. The van der Waals surface area contributed by atoms with Crippen LogP contribution in [0, 0.1) is 5.92 Å². The third-order valence-corrected chi connectivity index (χ3v) is 1.04. The Labute approximate surface area is 45.2 Å². The molecule has 0 aromatic heterocycles. The molecule has 0 heterocycles. The highest BCUT2D eigenvalue weighted by molar-refractivity contribution is 4.84. The lowest BCUT2D eigenvalue weighted by Gasteiger charge is -2.07. The lowest BCUT2D eigenvalue weighted by molar-refractivity contribution is 0.572. The molecule has 1 nitrogen and oxygen atoms in total. The van der Waals surface area contributed by atoms with Gasteiger partial charge in [0.05, 0.1) is 0 Å². The third kappa shape index (κ3) is 2.40. The van der Waals surface area contributed by atoms with Crippen LogP contribution in [0.4, 0.5) is 0 Å². The van der Waals surface area contributed by atoms with Crippen LogP contribution in [0.2, 0.25) is 0 Å². The zero-order valence-corrected chi connectivity index (χ0v) is 5.02. The van der Waals surface area contributed by atoms with Crippen molar-refractivity contribution in [2.45, 2.75) is 19.9 Å². The van der Waals surface area contributed by atoms with Gasteiger partial charge in [0.1, 0.15) is 0 Å². The molecule has 0 radical (unpaired) electrons. The second-order valence-electron chi connectivity index (χ2n) is 2.06. The van der Waals surface area contributed by atoms with E-state index in [1.807, 2.05) is 0 Å². The molecule has 2 N–H and O–H groups in total. The van der Waals surface area contributed by atoms with E-state index in [0.717, 1.165) is 0 Å². The minimum atomic E-state index is 0.167. The van der Waals surface area contributed by atoms with Crippen molar-refractivity contribution >= 4 is 0 Å². The van der Waals surface area contributed by atoms with Crippen LogP contribution in [0.3, 0.4) is 0 Å². The van der Waals surface area contributed by atoms with Gasteiger partial charge in [-0.3, -0.25) is 0 Å². The predicted octanol–water partition coefficient (Wildman–Crippen LogP) is 1.16. The van der Waals surface area contributed by atoms with Crippen LogP contribution in [0.15, 0.2) is 12.7 Å². The van der Waals surface area contributed by atoms with E-state index >= 15 is 0 Å². The first-order valence-corrected chi connectivity index (χ1v) is 2.56.